The molecule has 4 rings (SSSR count). The average molecular weight is 605 g/mol. The molecule has 2 unspecified atom stereocenters. The molecule has 0 saturated heterocycles. The van der Waals surface area contributed by atoms with Gasteiger partial charge in [-0.2, -0.15) is 0 Å². The molecule has 3 aliphatic carbocycles. The third-order valence-corrected chi connectivity index (χ3v) is 10.5. The van der Waals surface area contributed by atoms with E-state index in [0.29, 0.717) is 5.56 Å². The lowest BCUT2D eigenvalue weighted by atomic mass is 9.36. The molecule has 3 aliphatic rings. The van der Waals surface area contributed by atoms with E-state index in [9.17, 15) is 44.7 Å². The minimum Gasteiger partial charge on any atom is -0.505 e. The predicted octanol–water partition coefficient (Wildman–Crippen LogP) is 1.70. The molecule has 2 amide bonds. The fraction of sp³-hybridized carbons (Fsp3) is 0.677. The Bertz CT molecular complexity index is 1370. The van der Waals surface area contributed by atoms with Crippen molar-refractivity contribution in [2.45, 2.75) is 85.2 Å². The van der Waals surface area contributed by atoms with Gasteiger partial charge in [-0.1, -0.05) is 61.5 Å². The highest BCUT2D eigenvalue weighted by atomic mass is 16.5. The summed E-state index contributed by atoms with van der Waals surface area (Å²) < 4.78 is 5.21. The van der Waals surface area contributed by atoms with Crippen molar-refractivity contribution in [1.29, 1.82) is 0 Å². The van der Waals surface area contributed by atoms with Gasteiger partial charge in [-0.3, -0.25) is 19.7 Å². The summed E-state index contributed by atoms with van der Waals surface area (Å²) in [6, 6.07) is 2.91. The van der Waals surface area contributed by atoms with E-state index in [1.165, 1.54) is 19.1 Å². The van der Waals surface area contributed by atoms with Crippen molar-refractivity contribution in [3.05, 3.63) is 23.3 Å². The largest absolute Gasteiger partial charge is 0.505 e. The van der Waals surface area contributed by atoms with Crippen molar-refractivity contribution in [2.75, 3.05) is 11.9 Å². The van der Waals surface area contributed by atoms with E-state index in [0.717, 1.165) is 0 Å². The molecule has 0 aliphatic heterocycles. The number of Topliss-reactive ketones (excluding diaryl/α,β-unsaturated/α-hetero) is 2. The number of nitrogens with two attached hydrogens (primary N) is 1. The van der Waals surface area contributed by atoms with Crippen LogP contribution in [0.25, 0.3) is 0 Å². The number of carbonyl (C=O) groups excluding carboxylic acids is 4. The normalized spacial score (nSPS) is 39.0. The molecular weight excluding hydrogens is 560 g/mol. The number of primary amides is 1. The van der Waals surface area contributed by atoms with Crippen LogP contribution >= 0.6 is 0 Å². The first kappa shape index (κ1) is 32.8. The molecule has 8 N–H and O–H groups in total. The highest BCUT2D eigenvalue weighted by Crippen LogP contribution is 2.68. The summed E-state index contributed by atoms with van der Waals surface area (Å²) in [5.74, 6) is -9.89. The van der Waals surface area contributed by atoms with Crippen LogP contribution in [0, 0.1) is 39.9 Å². The number of carbonyl (C=O) groups is 4. The molecule has 0 bridgehead atoms. The van der Waals surface area contributed by atoms with Gasteiger partial charge in [0.05, 0.1) is 36.0 Å². The molecule has 43 heavy (non-hydrogen) atoms. The second kappa shape index (κ2) is 10.3. The minimum atomic E-state index is -2.88. The van der Waals surface area contributed by atoms with Crippen molar-refractivity contribution in [2.24, 2.45) is 45.7 Å². The number of nitrogens with one attached hydrogen (secondary N) is 1. The lowest BCUT2D eigenvalue weighted by molar-refractivity contribution is -0.306. The smallest absolute Gasteiger partial charge is 0.411 e. The number of anilines is 1. The van der Waals surface area contributed by atoms with Gasteiger partial charge in [0.15, 0.2) is 17.2 Å². The Morgan fingerprint density at radius 2 is 1.70 bits per heavy atom. The van der Waals surface area contributed by atoms with Crippen LogP contribution in [0.4, 0.5) is 10.5 Å². The highest BCUT2D eigenvalue weighted by molar-refractivity contribution is 6.10. The van der Waals surface area contributed by atoms with Gasteiger partial charge in [-0.25, -0.2) is 4.79 Å². The van der Waals surface area contributed by atoms with Crippen LogP contribution in [0.3, 0.4) is 0 Å². The van der Waals surface area contributed by atoms with Crippen molar-refractivity contribution >= 4 is 29.3 Å². The minimum absolute atomic E-state index is 0.0781. The molecule has 1 aromatic carbocycles. The molecule has 10 atom stereocenters. The number of ether oxygens (including phenoxy) is 1. The van der Waals surface area contributed by atoms with Gasteiger partial charge < -0.3 is 36.0 Å². The van der Waals surface area contributed by atoms with Gasteiger partial charge in [0.25, 0.3) is 0 Å². The number of amides is 2. The summed E-state index contributed by atoms with van der Waals surface area (Å²) in [7, 11) is 0. The SMILES string of the molecule is CC(C)[C@H]1C(O)[C@@H](C(N)=O)C(=O)[C@]2(O)C(O)[C@H]3C(=O)c4c(ccc(NC(=O)OCC(C)(C)C)c4O)[C@@H](C)[C@]3(C)[C@@H](O)[C@]12C. The molecule has 2 fully saturated rings. The standard InChI is InChI=1S/C31H44N2O10/c1-12(2)18-22(36)17(25(32)39)23(37)31(42)24(38)19-21(35)16-14(13(3)29(19,7)26(40)30(18,31)8)9-10-15(20(16)34)33-27(41)43-11-28(4,5)6/h9-10,12-13,17-19,22,24,26,34,36,38,40,42H,11H2,1-8H3,(H2,32,39)(H,33,41)/t13-,17-,18+,19-,22?,24?,26-,29+,30+,31+/m1/s1. The first-order chi connectivity index (χ1) is 19.6. The van der Waals surface area contributed by atoms with Crippen molar-refractivity contribution in [3.63, 3.8) is 0 Å². The number of aromatic hydroxyl groups is 1. The summed E-state index contributed by atoms with van der Waals surface area (Å²) in [5, 5.41) is 61.3. The predicted molar refractivity (Wildman–Crippen MR) is 154 cm³/mol. The van der Waals surface area contributed by atoms with E-state index < -0.39 is 93.6 Å². The quantitative estimate of drug-likeness (QED) is 0.195. The fourth-order valence-corrected chi connectivity index (χ4v) is 8.29. The summed E-state index contributed by atoms with van der Waals surface area (Å²) in [4.78, 5) is 52.9. The van der Waals surface area contributed by atoms with Crippen molar-refractivity contribution < 1.29 is 49.4 Å². The number of aliphatic hydroxyl groups is 4. The van der Waals surface area contributed by atoms with Crippen LogP contribution in [-0.4, -0.2) is 79.6 Å². The Morgan fingerprint density at radius 1 is 1.12 bits per heavy atom. The van der Waals surface area contributed by atoms with E-state index in [1.807, 2.05) is 20.8 Å². The second-order valence-corrected chi connectivity index (χ2v) is 14.5. The lowest BCUT2D eigenvalue weighted by Crippen LogP contribution is -2.83. The van der Waals surface area contributed by atoms with E-state index in [1.54, 1.807) is 27.7 Å². The Morgan fingerprint density at radius 3 is 2.21 bits per heavy atom. The molecule has 0 aromatic heterocycles. The lowest BCUT2D eigenvalue weighted by Gasteiger charge is -2.69. The first-order valence-corrected chi connectivity index (χ1v) is 14.5. The molecule has 0 radical (unpaired) electrons. The van der Waals surface area contributed by atoms with E-state index >= 15 is 0 Å². The fourth-order valence-electron chi connectivity index (χ4n) is 8.29. The maximum atomic E-state index is 14.3. The van der Waals surface area contributed by atoms with Crippen molar-refractivity contribution in [1.82, 2.24) is 0 Å². The zero-order chi connectivity index (χ0) is 32.8. The van der Waals surface area contributed by atoms with Crippen LogP contribution in [0.5, 0.6) is 5.75 Å². The molecule has 2 saturated carbocycles. The number of phenols is 1. The number of benzene rings is 1. The zero-order valence-corrected chi connectivity index (χ0v) is 25.8. The number of ketones is 2. The number of hydrogen-bond acceptors (Lipinski definition) is 10. The van der Waals surface area contributed by atoms with Crippen LogP contribution in [-0.2, 0) is 14.3 Å². The maximum absolute atomic E-state index is 14.3. The Labute approximate surface area is 250 Å². The molecule has 0 spiro atoms. The zero-order valence-electron chi connectivity index (χ0n) is 25.8. The van der Waals surface area contributed by atoms with Crippen LogP contribution in [0.15, 0.2) is 12.1 Å². The van der Waals surface area contributed by atoms with E-state index in [2.05, 4.69) is 5.32 Å². The van der Waals surface area contributed by atoms with Crippen molar-refractivity contribution in [3.8, 4) is 5.75 Å². The Hall–Kier alpha value is -3.06. The number of aliphatic hydroxyl groups excluding tert-OH is 3. The van der Waals surface area contributed by atoms with Gasteiger partial charge >= 0.3 is 6.09 Å². The van der Waals surface area contributed by atoms with Gasteiger partial charge in [0, 0.05) is 10.8 Å². The Balaban J connectivity index is 1.89. The summed E-state index contributed by atoms with van der Waals surface area (Å²) >= 11 is 0. The molecule has 238 valence electrons. The Kier molecular flexibility index (Phi) is 7.83. The molecular formula is C31H44N2O10. The second-order valence-electron chi connectivity index (χ2n) is 14.5. The average Bonchev–Trinajstić information content (AvgIpc) is 2.88. The molecule has 12 nitrogen and oxygen atoms in total. The monoisotopic (exact) mass is 604 g/mol. The molecule has 12 heteroatoms. The third-order valence-electron chi connectivity index (χ3n) is 10.5. The van der Waals surface area contributed by atoms with Gasteiger partial charge in [-0.15, -0.1) is 0 Å². The van der Waals surface area contributed by atoms with Crippen LogP contribution < -0.4 is 11.1 Å². The molecule has 1 aromatic rings. The number of rotatable bonds is 4. The third kappa shape index (κ3) is 4.32. The van der Waals surface area contributed by atoms with Crippen LogP contribution in [0.1, 0.15) is 77.2 Å². The topological polar surface area (TPSA) is 217 Å². The number of hydrogen-bond donors (Lipinski definition) is 7. The number of phenolic OH excluding ortho intramolecular Hbond substituents is 1. The van der Waals surface area contributed by atoms with Gasteiger partial charge in [-0.05, 0) is 34.8 Å². The van der Waals surface area contributed by atoms with Gasteiger partial charge in [0.1, 0.15) is 17.8 Å². The van der Waals surface area contributed by atoms with Gasteiger partial charge in [0.2, 0.25) is 5.91 Å². The first-order valence-electron chi connectivity index (χ1n) is 14.5. The number of fused-ring (bicyclic) bond motifs is 3. The summed E-state index contributed by atoms with van der Waals surface area (Å²) in [6.07, 6.45) is -6.37. The summed E-state index contributed by atoms with van der Waals surface area (Å²) in [6.45, 7) is 13.7. The van der Waals surface area contributed by atoms with E-state index in [4.69, 9.17) is 10.5 Å². The highest BCUT2D eigenvalue weighted by Gasteiger charge is 2.80. The maximum Gasteiger partial charge on any atom is 0.411 e. The van der Waals surface area contributed by atoms with Crippen LogP contribution in [0.2, 0.25) is 0 Å². The van der Waals surface area contributed by atoms with E-state index in [-0.39, 0.29) is 23.3 Å². The molecule has 0 heterocycles. The summed E-state index contributed by atoms with van der Waals surface area (Å²) in [5.41, 5.74) is -1.25.